The van der Waals surface area contributed by atoms with Crippen LogP contribution in [0.15, 0.2) is 176 Å². The maximum absolute atomic E-state index is 6.65. The van der Waals surface area contributed by atoms with Crippen LogP contribution in [0.4, 0.5) is 17.1 Å². The number of hydrogen-bond acceptors (Lipinski definition) is 2. The lowest BCUT2D eigenvalue weighted by Gasteiger charge is -2.45. The summed E-state index contributed by atoms with van der Waals surface area (Å²) in [6, 6.07) is 64.6. The molecule has 1 spiro atoms. The highest BCUT2D eigenvalue weighted by molar-refractivity contribution is 6.11. The van der Waals surface area contributed by atoms with Crippen LogP contribution >= 0.6 is 0 Å². The first-order valence-electron chi connectivity index (χ1n) is 18.2. The number of anilines is 3. The summed E-state index contributed by atoms with van der Waals surface area (Å²) in [5, 5.41) is 2.50. The fourth-order valence-electron chi connectivity index (χ4n) is 9.72. The van der Waals surface area contributed by atoms with E-state index in [1.165, 1.54) is 66.4 Å². The van der Waals surface area contributed by atoms with E-state index >= 15 is 0 Å². The predicted octanol–water partition coefficient (Wildman–Crippen LogP) is 13.1. The molecule has 8 aromatic rings. The third-order valence-corrected chi connectivity index (χ3v) is 11.9. The summed E-state index contributed by atoms with van der Waals surface area (Å²) in [5.41, 5.74) is 15.6. The van der Waals surface area contributed by atoms with Crippen molar-refractivity contribution in [2.75, 3.05) is 4.90 Å². The Morgan fingerprint density at radius 3 is 1.69 bits per heavy atom. The van der Waals surface area contributed by atoms with Crippen LogP contribution in [0.3, 0.4) is 0 Å². The molecule has 52 heavy (non-hydrogen) atoms. The Kier molecular flexibility index (Phi) is 5.97. The van der Waals surface area contributed by atoms with Crippen LogP contribution in [0.1, 0.15) is 47.2 Å². The van der Waals surface area contributed by atoms with Gasteiger partial charge in [0.25, 0.3) is 0 Å². The smallest absolute Gasteiger partial charge is 0.132 e. The van der Waals surface area contributed by atoms with Crippen LogP contribution < -0.4 is 9.64 Å². The molecule has 2 heteroatoms. The second kappa shape index (κ2) is 10.6. The Hall–Kier alpha value is -6.38. The molecular weight excluding hydrogens is 631 g/mol. The number of hydrogen-bond donors (Lipinski definition) is 0. The van der Waals surface area contributed by atoms with Gasteiger partial charge in [-0.05, 0) is 92.4 Å². The Bertz CT molecular complexity index is 2710. The van der Waals surface area contributed by atoms with Crippen molar-refractivity contribution in [3.63, 3.8) is 0 Å². The minimum absolute atomic E-state index is 0.107. The minimum Gasteiger partial charge on any atom is -0.457 e. The van der Waals surface area contributed by atoms with Gasteiger partial charge in [-0.1, -0.05) is 147 Å². The van der Waals surface area contributed by atoms with Crippen molar-refractivity contribution < 1.29 is 4.74 Å². The lowest BCUT2D eigenvalue weighted by molar-refractivity contribution is 0.435. The molecule has 0 saturated heterocycles. The molecule has 0 atom stereocenters. The van der Waals surface area contributed by atoms with E-state index in [0.29, 0.717) is 0 Å². The van der Waals surface area contributed by atoms with Crippen LogP contribution in [0.25, 0.3) is 33.0 Å². The molecule has 1 aliphatic heterocycles. The molecule has 2 aliphatic carbocycles. The summed E-state index contributed by atoms with van der Waals surface area (Å²) < 4.78 is 6.65. The Morgan fingerprint density at radius 2 is 0.962 bits per heavy atom. The Morgan fingerprint density at radius 1 is 0.404 bits per heavy atom. The largest absolute Gasteiger partial charge is 0.457 e. The highest BCUT2D eigenvalue weighted by Gasteiger charge is 2.49. The van der Waals surface area contributed by atoms with E-state index in [-0.39, 0.29) is 5.41 Å². The molecule has 0 radical (unpaired) electrons. The number of nitrogens with zero attached hydrogens (tertiary/aromatic N) is 1. The summed E-state index contributed by atoms with van der Waals surface area (Å²) in [7, 11) is 0. The van der Waals surface area contributed by atoms with E-state index < -0.39 is 5.41 Å². The highest BCUT2D eigenvalue weighted by atomic mass is 16.5. The summed E-state index contributed by atoms with van der Waals surface area (Å²) in [6.07, 6.45) is 0. The van der Waals surface area contributed by atoms with Gasteiger partial charge in [0.15, 0.2) is 0 Å². The molecule has 11 rings (SSSR count). The quantitative estimate of drug-likeness (QED) is 0.186. The zero-order chi connectivity index (χ0) is 34.6. The molecule has 0 bridgehead atoms. The van der Waals surface area contributed by atoms with Gasteiger partial charge < -0.3 is 9.64 Å². The Balaban J connectivity index is 1.22. The lowest BCUT2D eigenvalue weighted by atomic mass is 9.58. The van der Waals surface area contributed by atoms with E-state index in [4.69, 9.17) is 4.74 Å². The normalized spacial score (nSPS) is 14.8. The number of rotatable bonds is 3. The maximum Gasteiger partial charge on any atom is 0.132 e. The summed E-state index contributed by atoms with van der Waals surface area (Å²) in [4.78, 5) is 2.46. The van der Waals surface area contributed by atoms with Gasteiger partial charge >= 0.3 is 0 Å². The van der Waals surface area contributed by atoms with Gasteiger partial charge in [-0.15, -0.1) is 0 Å². The Labute approximate surface area is 304 Å². The van der Waals surface area contributed by atoms with Crippen molar-refractivity contribution in [3.8, 4) is 33.8 Å². The minimum atomic E-state index is -0.561. The van der Waals surface area contributed by atoms with Gasteiger partial charge in [0.2, 0.25) is 0 Å². The van der Waals surface area contributed by atoms with Crippen molar-refractivity contribution in [2.24, 2.45) is 0 Å². The van der Waals surface area contributed by atoms with Gasteiger partial charge in [-0.25, -0.2) is 0 Å². The molecule has 0 saturated carbocycles. The topological polar surface area (TPSA) is 12.5 Å². The zero-order valence-corrected chi connectivity index (χ0v) is 29.1. The molecule has 2 nitrogen and oxygen atoms in total. The SMILES string of the molecule is CC1(C)c2ccccc2-c2ccc(N(c3ccccc3)c3ccc4c5c(cccc35)C3(c5ccccc5Oc5ccccc53)c3ccccc3-4)cc21. The van der Waals surface area contributed by atoms with Crippen LogP contribution in [0, 0.1) is 0 Å². The van der Waals surface area contributed by atoms with Gasteiger partial charge in [-0.3, -0.25) is 0 Å². The summed E-state index contributed by atoms with van der Waals surface area (Å²) >= 11 is 0. The van der Waals surface area contributed by atoms with Crippen LogP contribution in [0.2, 0.25) is 0 Å². The van der Waals surface area contributed by atoms with Crippen LogP contribution in [-0.4, -0.2) is 0 Å². The van der Waals surface area contributed by atoms with E-state index in [1.807, 2.05) is 0 Å². The van der Waals surface area contributed by atoms with Crippen LogP contribution in [0.5, 0.6) is 11.5 Å². The van der Waals surface area contributed by atoms with Gasteiger partial charge in [0.05, 0.1) is 11.1 Å². The standard InChI is InChI=1S/C50H35NO/c1-49(2)39-20-8-6-17-34(39)36-28-27-33(31-44(36)49)51(32-15-4-3-5-16-32)45-30-29-37-35-18-7-9-21-40(35)50(43-24-14-19-38(45)48(37)43)41-22-10-12-25-46(41)52-47-26-13-11-23-42(47)50/h3-31H,1-2H3. The number of ether oxygens (including phenoxy) is 1. The lowest BCUT2D eigenvalue weighted by Crippen LogP contribution is -2.36. The first kappa shape index (κ1) is 29.4. The van der Waals surface area contributed by atoms with Crippen molar-refractivity contribution in [3.05, 3.63) is 209 Å². The van der Waals surface area contributed by atoms with Gasteiger partial charge in [-0.2, -0.15) is 0 Å². The molecule has 0 unspecified atom stereocenters. The van der Waals surface area contributed by atoms with Crippen molar-refractivity contribution in [2.45, 2.75) is 24.7 Å². The molecule has 0 aromatic heterocycles. The van der Waals surface area contributed by atoms with Gasteiger partial charge in [0.1, 0.15) is 11.5 Å². The highest BCUT2D eigenvalue weighted by Crippen LogP contribution is 2.62. The third kappa shape index (κ3) is 3.74. The maximum atomic E-state index is 6.65. The second-order valence-corrected chi connectivity index (χ2v) is 14.8. The van der Waals surface area contributed by atoms with Gasteiger partial charge in [0, 0.05) is 33.3 Å². The summed E-state index contributed by atoms with van der Waals surface area (Å²) in [6.45, 7) is 4.72. The fraction of sp³-hybridized carbons (Fsp3) is 0.0800. The molecular formula is C50H35NO. The molecule has 1 heterocycles. The molecule has 8 aromatic carbocycles. The first-order chi connectivity index (χ1) is 25.6. The molecule has 0 fully saturated rings. The number of para-hydroxylation sites is 3. The molecule has 0 N–H and O–H groups in total. The predicted molar refractivity (Wildman–Crippen MR) is 214 cm³/mol. The monoisotopic (exact) mass is 665 g/mol. The first-order valence-corrected chi connectivity index (χ1v) is 18.2. The third-order valence-electron chi connectivity index (χ3n) is 11.9. The molecule has 246 valence electrons. The van der Waals surface area contributed by atoms with Crippen molar-refractivity contribution >= 4 is 27.8 Å². The van der Waals surface area contributed by atoms with E-state index in [9.17, 15) is 0 Å². The van der Waals surface area contributed by atoms with Crippen molar-refractivity contribution in [1.82, 2.24) is 0 Å². The van der Waals surface area contributed by atoms with E-state index in [0.717, 1.165) is 28.6 Å². The second-order valence-electron chi connectivity index (χ2n) is 14.8. The van der Waals surface area contributed by atoms with E-state index in [1.54, 1.807) is 0 Å². The fourth-order valence-corrected chi connectivity index (χ4v) is 9.72. The van der Waals surface area contributed by atoms with Crippen LogP contribution in [-0.2, 0) is 10.8 Å². The molecule has 3 aliphatic rings. The average Bonchev–Trinajstić information content (AvgIpc) is 3.43. The van der Waals surface area contributed by atoms with Crippen molar-refractivity contribution in [1.29, 1.82) is 0 Å². The molecule has 0 amide bonds. The number of benzene rings is 8. The average molecular weight is 666 g/mol. The summed E-state index contributed by atoms with van der Waals surface area (Å²) in [5.74, 6) is 1.81. The number of fused-ring (bicyclic) bond motifs is 11. The van der Waals surface area contributed by atoms with E-state index in [2.05, 4.69) is 195 Å². The zero-order valence-electron chi connectivity index (χ0n) is 29.1.